The molecule has 0 N–H and O–H groups in total. The fraction of sp³-hybridized carbons (Fsp3) is 0.483. The quantitative estimate of drug-likeness (QED) is 0.373. The van der Waals surface area contributed by atoms with Crippen molar-refractivity contribution in [3.63, 3.8) is 0 Å². The number of nitrogens with zero attached hydrogens (tertiary/aromatic N) is 4. The van der Waals surface area contributed by atoms with Gasteiger partial charge in [-0.15, -0.1) is 0 Å². The molecule has 3 aliphatic rings. The second kappa shape index (κ2) is 9.91. The van der Waals surface area contributed by atoms with Crippen molar-refractivity contribution < 1.29 is 14.5 Å². The van der Waals surface area contributed by atoms with Crippen LogP contribution in [0, 0.1) is 16.0 Å². The number of aromatic nitrogens is 1. The van der Waals surface area contributed by atoms with Crippen LogP contribution in [0.15, 0.2) is 42.5 Å². The highest BCUT2D eigenvalue weighted by molar-refractivity contribution is 6.00. The van der Waals surface area contributed by atoms with Crippen LogP contribution >= 0.6 is 0 Å². The van der Waals surface area contributed by atoms with Crippen molar-refractivity contribution in [3.8, 4) is 5.69 Å². The number of carbonyl (C=O) groups is 1. The van der Waals surface area contributed by atoms with Gasteiger partial charge in [0.1, 0.15) is 0 Å². The van der Waals surface area contributed by atoms with Crippen molar-refractivity contribution in [2.75, 3.05) is 32.8 Å². The normalized spacial score (nSPS) is 19.8. The van der Waals surface area contributed by atoms with E-state index in [-0.39, 0.29) is 16.5 Å². The van der Waals surface area contributed by atoms with Crippen LogP contribution in [-0.2, 0) is 17.7 Å². The smallest absolute Gasteiger partial charge is 0.269 e. The highest BCUT2D eigenvalue weighted by atomic mass is 16.6. The molecule has 1 aromatic heterocycles. The van der Waals surface area contributed by atoms with E-state index in [9.17, 15) is 14.9 Å². The first-order valence-corrected chi connectivity index (χ1v) is 13.5. The fourth-order valence-electron chi connectivity index (χ4n) is 6.29. The first-order valence-electron chi connectivity index (χ1n) is 13.5. The number of ether oxygens (including phenoxy) is 1. The van der Waals surface area contributed by atoms with E-state index in [1.807, 2.05) is 23.1 Å². The number of nitro groups is 1. The van der Waals surface area contributed by atoms with Crippen LogP contribution in [0.1, 0.15) is 54.2 Å². The summed E-state index contributed by atoms with van der Waals surface area (Å²) < 4.78 is 7.85. The van der Waals surface area contributed by atoms with E-state index in [0.29, 0.717) is 12.0 Å². The topological polar surface area (TPSA) is 80.8 Å². The Morgan fingerprint density at radius 3 is 2.43 bits per heavy atom. The molecule has 3 aliphatic heterocycles. The molecule has 0 saturated carbocycles. The van der Waals surface area contributed by atoms with Gasteiger partial charge in [-0.25, -0.2) is 0 Å². The Balaban J connectivity index is 1.41. The van der Waals surface area contributed by atoms with Gasteiger partial charge in [0.15, 0.2) is 0 Å². The molecule has 2 fully saturated rings. The molecule has 194 valence electrons. The molecule has 0 bridgehead atoms. The Kier molecular flexibility index (Phi) is 6.46. The highest BCUT2D eigenvalue weighted by Crippen LogP contribution is 2.36. The van der Waals surface area contributed by atoms with Crippen LogP contribution in [0.4, 0.5) is 5.69 Å². The molecule has 6 rings (SSSR count). The number of amides is 1. The van der Waals surface area contributed by atoms with E-state index < -0.39 is 0 Å². The first kappa shape index (κ1) is 24.1. The molecular formula is C29H34N4O4. The van der Waals surface area contributed by atoms with E-state index in [1.165, 1.54) is 11.3 Å². The maximum Gasteiger partial charge on any atom is 0.269 e. The SMILES string of the molecule is CC1CCN(C(=O)c2ccc3c(c2)c2c(n3-c3ccc([N+](=O)[O-])cc3)CCN(C3CCOCC3)C2)CC1. The monoisotopic (exact) mass is 502 g/mol. The summed E-state index contributed by atoms with van der Waals surface area (Å²) in [6.45, 7) is 7.33. The maximum atomic E-state index is 13.4. The van der Waals surface area contributed by atoms with Crippen molar-refractivity contribution in [2.24, 2.45) is 5.92 Å². The Morgan fingerprint density at radius 1 is 1.00 bits per heavy atom. The molecular weight excluding hydrogens is 468 g/mol. The minimum absolute atomic E-state index is 0.0866. The lowest BCUT2D eigenvalue weighted by molar-refractivity contribution is -0.384. The average molecular weight is 503 g/mol. The lowest BCUT2D eigenvalue weighted by atomic mass is 9.97. The van der Waals surface area contributed by atoms with Gasteiger partial charge < -0.3 is 14.2 Å². The first-order chi connectivity index (χ1) is 18.0. The fourth-order valence-corrected chi connectivity index (χ4v) is 6.29. The van der Waals surface area contributed by atoms with E-state index in [0.717, 1.165) is 93.7 Å². The van der Waals surface area contributed by atoms with Crippen molar-refractivity contribution in [1.82, 2.24) is 14.4 Å². The molecule has 8 heteroatoms. The van der Waals surface area contributed by atoms with Crippen molar-refractivity contribution in [3.05, 3.63) is 69.4 Å². The Morgan fingerprint density at radius 2 is 1.73 bits per heavy atom. The molecule has 3 aromatic rings. The number of piperidine rings is 1. The van der Waals surface area contributed by atoms with Gasteiger partial charge in [0.2, 0.25) is 0 Å². The molecule has 0 radical (unpaired) electrons. The van der Waals surface area contributed by atoms with E-state index in [4.69, 9.17) is 4.74 Å². The highest BCUT2D eigenvalue weighted by Gasteiger charge is 2.30. The third kappa shape index (κ3) is 4.53. The second-order valence-corrected chi connectivity index (χ2v) is 10.8. The van der Waals surface area contributed by atoms with Crippen molar-refractivity contribution >= 4 is 22.5 Å². The van der Waals surface area contributed by atoms with Crippen molar-refractivity contribution in [2.45, 2.75) is 51.6 Å². The Labute approximate surface area is 216 Å². The minimum atomic E-state index is -0.363. The van der Waals surface area contributed by atoms with Crippen LogP contribution in [-0.4, -0.2) is 64.1 Å². The third-order valence-electron chi connectivity index (χ3n) is 8.52. The predicted octanol–water partition coefficient (Wildman–Crippen LogP) is 4.95. The van der Waals surface area contributed by atoms with E-state index >= 15 is 0 Å². The number of carbonyl (C=O) groups excluding carboxylic acids is 1. The molecule has 8 nitrogen and oxygen atoms in total. The zero-order chi connectivity index (χ0) is 25.5. The Bertz CT molecular complexity index is 1320. The zero-order valence-electron chi connectivity index (χ0n) is 21.4. The second-order valence-electron chi connectivity index (χ2n) is 10.8. The van der Waals surface area contributed by atoms with Gasteiger partial charge in [0.25, 0.3) is 11.6 Å². The third-order valence-corrected chi connectivity index (χ3v) is 8.52. The maximum absolute atomic E-state index is 13.4. The van der Waals surface area contributed by atoms with Gasteiger partial charge in [-0.2, -0.15) is 0 Å². The molecule has 2 aromatic carbocycles. The number of rotatable bonds is 4. The number of likely N-dealkylation sites (tertiary alicyclic amines) is 1. The largest absolute Gasteiger partial charge is 0.381 e. The van der Waals surface area contributed by atoms with Crippen LogP contribution in [0.25, 0.3) is 16.6 Å². The number of hydrogen-bond acceptors (Lipinski definition) is 5. The van der Waals surface area contributed by atoms with Gasteiger partial charge in [0, 0.05) is 86.3 Å². The van der Waals surface area contributed by atoms with Gasteiger partial charge in [-0.1, -0.05) is 6.92 Å². The molecule has 1 amide bonds. The number of hydrogen-bond donors (Lipinski definition) is 0. The Hall–Kier alpha value is -3.23. The van der Waals surface area contributed by atoms with Crippen molar-refractivity contribution in [1.29, 1.82) is 0 Å². The molecule has 0 spiro atoms. The number of non-ortho nitro benzene ring substituents is 1. The minimum Gasteiger partial charge on any atom is -0.381 e. The summed E-state index contributed by atoms with van der Waals surface area (Å²) in [7, 11) is 0. The summed E-state index contributed by atoms with van der Waals surface area (Å²) in [6.07, 6.45) is 5.10. The standard InChI is InChI=1S/C29H34N4O4/c1-20-8-13-30(14-9-20)29(34)21-2-7-27-25(18-21)26-19-31(22-11-16-37-17-12-22)15-10-28(26)32(27)23-3-5-24(6-4-23)33(35)36/h2-7,18,20,22H,8-17,19H2,1H3. The molecule has 0 unspecified atom stereocenters. The van der Waals surface area contributed by atoms with E-state index in [2.05, 4.69) is 28.5 Å². The van der Waals surface area contributed by atoms with Crippen LogP contribution < -0.4 is 0 Å². The van der Waals surface area contributed by atoms with Crippen LogP contribution in [0.2, 0.25) is 0 Å². The summed E-state index contributed by atoms with van der Waals surface area (Å²) in [5.74, 6) is 0.785. The molecule has 37 heavy (non-hydrogen) atoms. The lowest BCUT2D eigenvalue weighted by Gasteiger charge is -2.37. The van der Waals surface area contributed by atoms with Gasteiger partial charge in [0.05, 0.1) is 10.4 Å². The van der Waals surface area contributed by atoms with Crippen LogP contribution in [0.3, 0.4) is 0 Å². The summed E-state index contributed by atoms with van der Waals surface area (Å²) >= 11 is 0. The number of nitro benzene ring substituents is 1. The average Bonchev–Trinajstić information content (AvgIpc) is 3.26. The molecule has 2 saturated heterocycles. The summed E-state index contributed by atoms with van der Waals surface area (Å²) in [6, 6.07) is 13.4. The summed E-state index contributed by atoms with van der Waals surface area (Å²) in [5, 5.41) is 12.3. The molecule has 4 heterocycles. The lowest BCUT2D eigenvalue weighted by Crippen LogP contribution is -2.42. The molecule has 0 aliphatic carbocycles. The predicted molar refractivity (Wildman–Crippen MR) is 142 cm³/mol. The zero-order valence-corrected chi connectivity index (χ0v) is 21.4. The number of benzene rings is 2. The van der Waals surface area contributed by atoms with Gasteiger partial charge >= 0.3 is 0 Å². The molecule has 0 atom stereocenters. The van der Waals surface area contributed by atoms with Crippen LogP contribution in [0.5, 0.6) is 0 Å². The van der Waals surface area contributed by atoms with E-state index in [1.54, 1.807) is 12.1 Å². The van der Waals surface area contributed by atoms with Gasteiger partial charge in [-0.05, 0) is 67.5 Å². The summed E-state index contributed by atoms with van der Waals surface area (Å²) in [4.78, 5) is 28.9. The number of fused-ring (bicyclic) bond motifs is 3. The van der Waals surface area contributed by atoms with Gasteiger partial charge in [-0.3, -0.25) is 19.8 Å². The summed E-state index contributed by atoms with van der Waals surface area (Å²) in [5.41, 5.74) is 5.31.